The van der Waals surface area contributed by atoms with Gasteiger partial charge in [0.05, 0.1) is 28.6 Å². The van der Waals surface area contributed by atoms with Gasteiger partial charge < -0.3 is 4.90 Å². The third-order valence-electron chi connectivity index (χ3n) is 3.42. The lowest BCUT2D eigenvalue weighted by molar-refractivity contribution is -0.131. The zero-order valence-electron chi connectivity index (χ0n) is 12.8. The first-order valence-corrected chi connectivity index (χ1v) is 7.26. The highest BCUT2D eigenvalue weighted by molar-refractivity contribution is 6.31. The molecule has 7 heteroatoms. The van der Waals surface area contributed by atoms with Crippen LogP contribution >= 0.6 is 11.6 Å². The van der Waals surface area contributed by atoms with Crippen molar-refractivity contribution < 1.29 is 4.79 Å². The molecule has 1 amide bonds. The zero-order chi connectivity index (χ0) is 15.6. The lowest BCUT2D eigenvalue weighted by atomic mass is 10.3. The number of carbonyl (C=O) groups excluding carboxylic acids is 1. The molecule has 0 saturated carbocycles. The molecule has 0 fully saturated rings. The molecule has 114 valence electrons. The van der Waals surface area contributed by atoms with Crippen LogP contribution in [0.2, 0.25) is 5.02 Å². The Balaban J connectivity index is 2.00. The Morgan fingerprint density at radius 1 is 1.38 bits per heavy atom. The summed E-state index contributed by atoms with van der Waals surface area (Å²) in [4.78, 5) is 13.9. The number of halogens is 1. The van der Waals surface area contributed by atoms with Gasteiger partial charge in [-0.15, -0.1) is 0 Å². The molecular weight excluding hydrogens is 290 g/mol. The molecule has 6 nitrogen and oxygen atoms in total. The van der Waals surface area contributed by atoms with E-state index in [-0.39, 0.29) is 12.5 Å². The predicted octanol–water partition coefficient (Wildman–Crippen LogP) is 2.03. The fourth-order valence-corrected chi connectivity index (χ4v) is 2.21. The summed E-state index contributed by atoms with van der Waals surface area (Å²) >= 11 is 6.09. The summed E-state index contributed by atoms with van der Waals surface area (Å²) in [6.45, 7) is 7.21. The van der Waals surface area contributed by atoms with Crippen LogP contribution in [0.4, 0.5) is 0 Å². The minimum absolute atomic E-state index is 0.0247. The Hall–Kier alpha value is -1.82. The average Bonchev–Trinajstić information content (AvgIpc) is 3.00. The Morgan fingerprint density at radius 2 is 2.10 bits per heavy atom. The van der Waals surface area contributed by atoms with E-state index >= 15 is 0 Å². The normalized spacial score (nSPS) is 10.9. The molecule has 0 aliphatic heterocycles. The summed E-state index contributed by atoms with van der Waals surface area (Å²) in [5, 5.41) is 9.26. The monoisotopic (exact) mass is 309 g/mol. The maximum atomic E-state index is 12.3. The van der Waals surface area contributed by atoms with Crippen molar-refractivity contribution in [2.24, 2.45) is 0 Å². The van der Waals surface area contributed by atoms with Crippen LogP contribution in [-0.4, -0.2) is 37.4 Å². The molecule has 2 heterocycles. The third-order valence-corrected chi connectivity index (χ3v) is 3.97. The lowest BCUT2D eigenvalue weighted by Gasteiger charge is -2.16. The molecule has 0 aliphatic carbocycles. The van der Waals surface area contributed by atoms with E-state index in [1.165, 1.54) is 0 Å². The molecule has 2 aromatic rings. The van der Waals surface area contributed by atoms with Gasteiger partial charge in [0.1, 0.15) is 6.54 Å². The number of aromatic nitrogens is 4. The number of hydrogen-bond acceptors (Lipinski definition) is 3. The molecule has 21 heavy (non-hydrogen) atoms. The van der Waals surface area contributed by atoms with Gasteiger partial charge in [-0.25, -0.2) is 0 Å². The van der Waals surface area contributed by atoms with Crippen LogP contribution in [0.25, 0.3) is 0 Å². The van der Waals surface area contributed by atoms with E-state index in [0.717, 1.165) is 23.6 Å². The topological polar surface area (TPSA) is 56.0 Å². The fraction of sp³-hybridized carbons (Fsp3) is 0.500. The maximum Gasteiger partial charge on any atom is 0.244 e. The Morgan fingerprint density at radius 3 is 2.62 bits per heavy atom. The number of rotatable bonds is 5. The minimum atomic E-state index is -0.0247. The molecular formula is C14H20ClN5O. The molecule has 0 aromatic carbocycles. The molecule has 0 aliphatic rings. The first kappa shape index (κ1) is 15.6. The van der Waals surface area contributed by atoms with E-state index in [9.17, 15) is 4.79 Å². The predicted molar refractivity (Wildman–Crippen MR) is 81.1 cm³/mol. The summed E-state index contributed by atoms with van der Waals surface area (Å²) in [7, 11) is 1.76. The van der Waals surface area contributed by atoms with Gasteiger partial charge in [-0.3, -0.25) is 14.2 Å². The van der Waals surface area contributed by atoms with Crippen molar-refractivity contribution in [3.8, 4) is 0 Å². The Labute approximate surface area is 129 Å². The minimum Gasteiger partial charge on any atom is -0.338 e. The summed E-state index contributed by atoms with van der Waals surface area (Å²) in [5.41, 5.74) is 2.43. The molecule has 0 N–H and O–H groups in total. The van der Waals surface area contributed by atoms with Crippen molar-refractivity contribution in [3.63, 3.8) is 0 Å². The van der Waals surface area contributed by atoms with Crippen molar-refractivity contribution in [1.82, 2.24) is 24.5 Å². The molecule has 0 saturated heterocycles. The van der Waals surface area contributed by atoms with Gasteiger partial charge in [-0.1, -0.05) is 11.6 Å². The molecule has 0 unspecified atom stereocenters. The fourth-order valence-electron chi connectivity index (χ4n) is 2.07. The summed E-state index contributed by atoms with van der Waals surface area (Å²) in [6, 6.07) is 1.92. The van der Waals surface area contributed by atoms with Crippen LogP contribution < -0.4 is 0 Å². The highest BCUT2D eigenvalue weighted by atomic mass is 35.5. The molecule has 0 radical (unpaired) electrons. The molecule has 2 rings (SSSR count). The van der Waals surface area contributed by atoms with Crippen molar-refractivity contribution in [3.05, 3.63) is 34.4 Å². The third kappa shape index (κ3) is 3.44. The SMILES string of the molecule is CCn1ccc(CN(C)C(=O)Cn2nc(C)c(Cl)c2C)n1. The van der Waals surface area contributed by atoms with Gasteiger partial charge in [-0.2, -0.15) is 10.2 Å². The molecule has 2 aromatic heterocycles. The van der Waals surface area contributed by atoms with E-state index in [0.29, 0.717) is 11.6 Å². The van der Waals surface area contributed by atoms with Crippen LogP contribution in [0, 0.1) is 13.8 Å². The van der Waals surface area contributed by atoms with Gasteiger partial charge in [0.15, 0.2) is 0 Å². The van der Waals surface area contributed by atoms with E-state index in [4.69, 9.17) is 11.6 Å². The number of carbonyl (C=O) groups is 1. The average molecular weight is 310 g/mol. The van der Waals surface area contributed by atoms with E-state index in [2.05, 4.69) is 10.2 Å². The highest BCUT2D eigenvalue weighted by Crippen LogP contribution is 2.18. The number of nitrogens with zero attached hydrogens (tertiary/aromatic N) is 5. The summed E-state index contributed by atoms with van der Waals surface area (Å²) < 4.78 is 3.48. The first-order chi connectivity index (χ1) is 9.92. The smallest absolute Gasteiger partial charge is 0.244 e. The summed E-state index contributed by atoms with van der Waals surface area (Å²) in [6.07, 6.45) is 1.91. The highest BCUT2D eigenvalue weighted by Gasteiger charge is 2.15. The number of aryl methyl sites for hydroxylation is 2. The van der Waals surface area contributed by atoms with Crippen LogP contribution in [-0.2, 0) is 24.4 Å². The van der Waals surface area contributed by atoms with E-state index in [1.807, 2.05) is 37.7 Å². The lowest BCUT2D eigenvalue weighted by Crippen LogP contribution is -2.30. The van der Waals surface area contributed by atoms with Crippen molar-refractivity contribution >= 4 is 17.5 Å². The second kappa shape index (κ2) is 6.30. The first-order valence-electron chi connectivity index (χ1n) is 6.88. The number of likely N-dealkylation sites (N-methyl/N-ethyl adjacent to an activating group) is 1. The van der Waals surface area contributed by atoms with Crippen LogP contribution in [0.15, 0.2) is 12.3 Å². The van der Waals surface area contributed by atoms with Gasteiger partial charge in [0, 0.05) is 19.8 Å². The zero-order valence-corrected chi connectivity index (χ0v) is 13.6. The second-order valence-corrected chi connectivity index (χ2v) is 5.43. The Kier molecular flexibility index (Phi) is 4.67. The maximum absolute atomic E-state index is 12.3. The van der Waals surface area contributed by atoms with Crippen molar-refractivity contribution in [1.29, 1.82) is 0 Å². The van der Waals surface area contributed by atoms with Crippen LogP contribution in [0.5, 0.6) is 0 Å². The van der Waals surface area contributed by atoms with E-state index in [1.54, 1.807) is 16.6 Å². The quantitative estimate of drug-likeness (QED) is 0.849. The standard InChI is InChI=1S/C14H20ClN5O/c1-5-19-7-6-12(17-19)8-18(4)13(21)9-20-11(3)14(15)10(2)16-20/h6-7H,5,8-9H2,1-4H3. The number of amides is 1. The number of hydrogen-bond donors (Lipinski definition) is 0. The Bertz CT molecular complexity index is 646. The van der Waals surface area contributed by atoms with Gasteiger partial charge >= 0.3 is 0 Å². The largest absolute Gasteiger partial charge is 0.338 e. The van der Waals surface area contributed by atoms with Crippen LogP contribution in [0.3, 0.4) is 0 Å². The second-order valence-electron chi connectivity index (χ2n) is 5.06. The van der Waals surface area contributed by atoms with E-state index < -0.39 is 0 Å². The molecule has 0 spiro atoms. The van der Waals surface area contributed by atoms with Gasteiger partial charge in [0.25, 0.3) is 0 Å². The van der Waals surface area contributed by atoms with Crippen molar-refractivity contribution in [2.75, 3.05) is 7.05 Å². The van der Waals surface area contributed by atoms with Gasteiger partial charge in [0.2, 0.25) is 5.91 Å². The molecule has 0 atom stereocenters. The summed E-state index contributed by atoms with van der Waals surface area (Å²) in [5.74, 6) is -0.0247. The molecule has 0 bridgehead atoms. The van der Waals surface area contributed by atoms with Crippen molar-refractivity contribution in [2.45, 2.75) is 40.4 Å². The van der Waals surface area contributed by atoms with Crippen LogP contribution in [0.1, 0.15) is 24.0 Å². The van der Waals surface area contributed by atoms with Gasteiger partial charge in [-0.05, 0) is 26.8 Å².